The minimum absolute atomic E-state index is 0.191. The first-order valence-electron chi connectivity index (χ1n) is 7.29. The van der Waals surface area contributed by atoms with Crippen molar-refractivity contribution in [1.29, 1.82) is 0 Å². The van der Waals surface area contributed by atoms with E-state index in [2.05, 4.69) is 15.6 Å². The zero-order valence-corrected chi connectivity index (χ0v) is 13.1. The second-order valence-corrected chi connectivity index (χ2v) is 5.77. The Kier molecular flexibility index (Phi) is 3.52. The fraction of sp³-hybridized carbons (Fsp3) is 0.235. The van der Waals surface area contributed by atoms with Crippen LogP contribution in [0.5, 0.6) is 0 Å². The van der Waals surface area contributed by atoms with E-state index in [1.54, 1.807) is 13.0 Å². The number of hydrogen-bond donors (Lipinski definition) is 3. The van der Waals surface area contributed by atoms with Crippen LogP contribution in [0.1, 0.15) is 31.0 Å². The summed E-state index contributed by atoms with van der Waals surface area (Å²) >= 11 is 0. The monoisotopic (exact) mass is 311 g/mol. The molecule has 23 heavy (non-hydrogen) atoms. The van der Waals surface area contributed by atoms with Crippen LogP contribution < -0.4 is 16.2 Å². The molecule has 3 N–H and O–H groups in total. The van der Waals surface area contributed by atoms with Crippen LogP contribution in [0.3, 0.4) is 0 Å². The van der Waals surface area contributed by atoms with Gasteiger partial charge in [0.25, 0.3) is 5.56 Å². The van der Waals surface area contributed by atoms with Gasteiger partial charge in [0.1, 0.15) is 0 Å². The van der Waals surface area contributed by atoms with Gasteiger partial charge in [-0.05, 0) is 43.9 Å². The number of urea groups is 1. The van der Waals surface area contributed by atoms with Crippen molar-refractivity contribution in [2.24, 2.45) is 0 Å². The first-order valence-corrected chi connectivity index (χ1v) is 7.29. The quantitative estimate of drug-likeness (QED) is 0.792. The summed E-state index contributed by atoms with van der Waals surface area (Å²) in [6.07, 6.45) is 0. The summed E-state index contributed by atoms with van der Waals surface area (Å²) in [5.74, 6) is -0.191. The van der Waals surface area contributed by atoms with Gasteiger partial charge in [-0.3, -0.25) is 9.59 Å². The number of carbonyl (C=O) groups is 2. The molecule has 1 atom stereocenters. The molecule has 2 heterocycles. The molecule has 1 aliphatic rings. The number of aromatic amines is 1. The zero-order valence-electron chi connectivity index (χ0n) is 13.1. The Morgan fingerprint density at radius 1 is 1.13 bits per heavy atom. The predicted molar refractivity (Wildman–Crippen MR) is 87.1 cm³/mol. The topological polar surface area (TPSA) is 91.1 Å². The molecular weight excluding hydrogens is 294 g/mol. The summed E-state index contributed by atoms with van der Waals surface area (Å²) in [5.41, 5.74) is 2.65. The summed E-state index contributed by atoms with van der Waals surface area (Å²) < 4.78 is 0. The second kappa shape index (κ2) is 5.39. The first kappa shape index (κ1) is 15.0. The van der Waals surface area contributed by atoms with Crippen LogP contribution >= 0.6 is 0 Å². The van der Waals surface area contributed by atoms with E-state index in [9.17, 15) is 14.4 Å². The van der Waals surface area contributed by atoms with Crippen molar-refractivity contribution in [3.05, 3.63) is 57.0 Å². The summed E-state index contributed by atoms with van der Waals surface area (Å²) in [6, 6.07) is 6.26. The smallest absolute Gasteiger partial charge is 0.319 e. The van der Waals surface area contributed by atoms with Crippen LogP contribution in [-0.2, 0) is 4.79 Å². The lowest BCUT2D eigenvalue weighted by Crippen LogP contribution is -2.46. The molecule has 0 saturated carbocycles. The number of carbonyl (C=O) groups excluding carboxylic acids is 2. The molecule has 0 unspecified atom stereocenters. The van der Waals surface area contributed by atoms with Crippen molar-refractivity contribution in [2.45, 2.75) is 26.8 Å². The lowest BCUT2D eigenvalue weighted by atomic mass is 9.93. The number of H-pyrrole nitrogens is 1. The fourth-order valence-electron chi connectivity index (χ4n) is 2.94. The number of Topliss-reactive ketones (excluding diaryl/α,β-unsaturated/α-hetero) is 1. The SMILES string of the molecule is CC(=O)C1=C(C)NC(=O)N[C@@H]1c1cc2ccc(C)cc2[nH]c1=O. The largest absolute Gasteiger partial charge is 0.327 e. The second-order valence-electron chi connectivity index (χ2n) is 5.77. The molecule has 3 rings (SSSR count). The van der Waals surface area contributed by atoms with E-state index in [1.807, 2.05) is 25.1 Å². The molecule has 1 aliphatic heterocycles. The van der Waals surface area contributed by atoms with E-state index in [-0.39, 0.29) is 11.3 Å². The lowest BCUT2D eigenvalue weighted by Gasteiger charge is -2.27. The fourth-order valence-corrected chi connectivity index (χ4v) is 2.94. The van der Waals surface area contributed by atoms with Crippen LogP contribution in [0.4, 0.5) is 4.79 Å². The Morgan fingerprint density at radius 3 is 2.57 bits per heavy atom. The van der Waals surface area contributed by atoms with Gasteiger partial charge in [0.2, 0.25) is 0 Å². The predicted octanol–water partition coefficient (Wildman–Crippen LogP) is 2.05. The Balaban J connectivity index is 2.22. The maximum Gasteiger partial charge on any atom is 0.319 e. The van der Waals surface area contributed by atoms with Crippen LogP contribution in [0, 0.1) is 6.92 Å². The van der Waals surface area contributed by atoms with Crippen molar-refractivity contribution in [2.75, 3.05) is 0 Å². The van der Waals surface area contributed by atoms with Crippen LogP contribution in [0.25, 0.3) is 10.9 Å². The first-order chi connectivity index (χ1) is 10.9. The van der Waals surface area contributed by atoms with Crippen LogP contribution in [0.15, 0.2) is 40.3 Å². The molecule has 6 nitrogen and oxygen atoms in total. The number of aromatic nitrogens is 1. The maximum atomic E-state index is 12.5. The van der Waals surface area contributed by atoms with Gasteiger partial charge >= 0.3 is 6.03 Å². The minimum atomic E-state index is -0.754. The van der Waals surface area contributed by atoms with Crippen molar-refractivity contribution < 1.29 is 9.59 Å². The molecule has 0 radical (unpaired) electrons. The summed E-state index contributed by atoms with van der Waals surface area (Å²) in [6.45, 7) is 5.02. The maximum absolute atomic E-state index is 12.5. The van der Waals surface area contributed by atoms with Crippen LogP contribution in [0.2, 0.25) is 0 Å². The van der Waals surface area contributed by atoms with E-state index in [0.29, 0.717) is 16.8 Å². The van der Waals surface area contributed by atoms with E-state index in [4.69, 9.17) is 0 Å². The number of aryl methyl sites for hydroxylation is 1. The van der Waals surface area contributed by atoms with Gasteiger partial charge < -0.3 is 15.6 Å². The molecule has 0 saturated heterocycles. The van der Waals surface area contributed by atoms with Gasteiger partial charge in [0.15, 0.2) is 5.78 Å². The lowest BCUT2D eigenvalue weighted by molar-refractivity contribution is -0.114. The standard InChI is InChI=1S/C17H17N3O3/c1-8-4-5-11-7-12(16(22)19-13(11)6-8)15-14(10(3)21)9(2)18-17(23)20-15/h4-7,15H,1-3H3,(H,19,22)(H2,18,20,23)/t15-/m1/s1. The third kappa shape index (κ3) is 2.63. The van der Waals surface area contributed by atoms with Gasteiger partial charge in [-0.15, -0.1) is 0 Å². The van der Waals surface area contributed by atoms with Crippen molar-refractivity contribution in [1.82, 2.24) is 15.6 Å². The third-order valence-corrected chi connectivity index (χ3v) is 3.99. The number of rotatable bonds is 2. The zero-order chi connectivity index (χ0) is 16.7. The van der Waals surface area contributed by atoms with E-state index in [1.165, 1.54) is 6.92 Å². The molecule has 0 spiro atoms. The summed E-state index contributed by atoms with van der Waals surface area (Å²) in [5, 5.41) is 6.08. The summed E-state index contributed by atoms with van der Waals surface area (Å²) in [7, 11) is 0. The van der Waals surface area contributed by atoms with E-state index < -0.39 is 12.1 Å². The Morgan fingerprint density at radius 2 is 1.87 bits per heavy atom. The van der Waals surface area contributed by atoms with Gasteiger partial charge in [0.05, 0.1) is 6.04 Å². The third-order valence-electron chi connectivity index (χ3n) is 3.99. The molecule has 118 valence electrons. The Labute approximate surface area is 132 Å². The highest BCUT2D eigenvalue weighted by molar-refractivity contribution is 5.98. The van der Waals surface area contributed by atoms with Crippen molar-refractivity contribution >= 4 is 22.7 Å². The molecular formula is C17H17N3O3. The number of nitrogens with one attached hydrogen (secondary N) is 3. The number of hydrogen-bond acceptors (Lipinski definition) is 3. The van der Waals surface area contributed by atoms with Crippen LogP contribution in [-0.4, -0.2) is 16.8 Å². The molecule has 0 aliphatic carbocycles. The van der Waals surface area contributed by atoms with Crippen molar-refractivity contribution in [3.8, 4) is 0 Å². The van der Waals surface area contributed by atoms with Gasteiger partial charge in [0, 0.05) is 22.4 Å². The van der Waals surface area contributed by atoms with Gasteiger partial charge in [-0.2, -0.15) is 0 Å². The average Bonchev–Trinajstić information content (AvgIpc) is 2.44. The molecule has 1 aromatic heterocycles. The number of pyridine rings is 1. The average molecular weight is 311 g/mol. The summed E-state index contributed by atoms with van der Waals surface area (Å²) in [4.78, 5) is 39.0. The number of fused-ring (bicyclic) bond motifs is 1. The molecule has 2 aromatic rings. The number of allylic oxidation sites excluding steroid dienone is 1. The molecule has 1 aromatic carbocycles. The minimum Gasteiger partial charge on any atom is -0.327 e. The van der Waals surface area contributed by atoms with E-state index >= 15 is 0 Å². The molecule has 0 fully saturated rings. The van der Waals surface area contributed by atoms with E-state index in [0.717, 1.165) is 16.5 Å². The number of amides is 2. The normalized spacial score (nSPS) is 17.9. The Hall–Kier alpha value is -2.89. The Bertz CT molecular complexity index is 924. The molecule has 0 bridgehead atoms. The highest BCUT2D eigenvalue weighted by atomic mass is 16.2. The van der Waals surface area contributed by atoms with Crippen molar-refractivity contribution in [3.63, 3.8) is 0 Å². The highest BCUT2D eigenvalue weighted by Gasteiger charge is 2.30. The molecule has 6 heteroatoms. The van der Waals surface area contributed by atoms with Gasteiger partial charge in [-0.25, -0.2) is 4.79 Å². The number of benzene rings is 1. The van der Waals surface area contributed by atoms with Gasteiger partial charge in [-0.1, -0.05) is 12.1 Å². The number of ketones is 1. The highest BCUT2D eigenvalue weighted by Crippen LogP contribution is 2.26. The molecule has 2 amide bonds.